The maximum absolute atomic E-state index is 7.06. The topological polar surface area (TPSA) is 18.5 Å². The molecule has 0 amide bonds. The first-order valence-corrected chi connectivity index (χ1v) is 26.4. The van der Waals surface area contributed by atoms with E-state index in [1.165, 1.54) is 14.1 Å². The van der Waals surface area contributed by atoms with Crippen molar-refractivity contribution in [3.8, 4) is 0 Å². The third kappa shape index (κ3) is 9.31. The van der Waals surface area contributed by atoms with E-state index >= 15 is 0 Å². The summed E-state index contributed by atoms with van der Waals surface area (Å²) in [7, 11) is 61.5. The van der Waals surface area contributed by atoms with Gasteiger partial charge in [-0.05, 0) is 58.9 Å². The number of rotatable bonds is 19. The molecule has 0 rings (SSSR count). The summed E-state index contributed by atoms with van der Waals surface area (Å²) in [6.45, 7) is 16.6. The van der Waals surface area contributed by atoms with Crippen LogP contribution >= 0.6 is 0 Å². The molecule has 0 aromatic heterocycles. The first-order valence-electron chi connectivity index (χ1n) is 14.1. The van der Waals surface area contributed by atoms with E-state index in [0.717, 1.165) is 6.32 Å². The molecule has 0 fully saturated rings. The van der Waals surface area contributed by atoms with Crippen LogP contribution in [0.1, 0.15) is 6.92 Å². The quantitative estimate of drug-likeness (QED) is 0.167. The summed E-state index contributed by atoms with van der Waals surface area (Å²) in [6, 6.07) is 0. The van der Waals surface area contributed by atoms with E-state index in [2.05, 4.69) is 58.9 Å². The van der Waals surface area contributed by atoms with Gasteiger partial charge in [0.25, 0.3) is 0 Å². The van der Waals surface area contributed by atoms with E-state index in [4.69, 9.17) is 85.6 Å². The number of hydrogen-bond acceptors (Lipinski definition) is 2. The van der Waals surface area contributed by atoms with E-state index < -0.39 is 81.7 Å². The second-order valence-electron chi connectivity index (χ2n) is 13.6. The van der Waals surface area contributed by atoms with Gasteiger partial charge < -0.3 is 8.23 Å². The van der Waals surface area contributed by atoms with Gasteiger partial charge in [-0.1, -0.05) is 19.2 Å². The fourth-order valence-electron chi connectivity index (χ4n) is 6.79. The van der Waals surface area contributed by atoms with Crippen LogP contribution in [-0.4, -0.2) is 178 Å². The van der Waals surface area contributed by atoms with Crippen molar-refractivity contribution in [2.45, 2.75) is 87.6 Å². The van der Waals surface area contributed by atoms with Crippen molar-refractivity contribution in [2.24, 2.45) is 0 Å². The zero-order valence-corrected chi connectivity index (χ0v) is 30.8. The average molecular weight is 563 g/mol. The molecular weight excluding hydrogens is 529 g/mol. The highest BCUT2D eigenvalue weighted by Crippen LogP contribution is 2.46. The van der Waals surface area contributed by atoms with Gasteiger partial charge in [0.05, 0.1) is 14.3 Å². The maximum atomic E-state index is 7.06. The molecule has 0 aliphatic carbocycles. The SMILES string of the molecule is [B][B]B([B])C(B([B])[B])(B([B])[B]C[Si](C)(C)O[Si](C)(C)C(B([B])[B])(B([B])[B][B])B([B])[B]CC)[Si](C)(C)O[Si](C)(C)C. The Morgan fingerprint density at radius 1 is 0.575 bits per heavy atom. The fraction of sp³-hybridized carbons (Fsp3) is 1.00. The Balaban J connectivity index is 6.49. The van der Waals surface area contributed by atoms with Crippen molar-refractivity contribution in [3.63, 3.8) is 0 Å². The average Bonchev–Trinajstić information content (AvgIpc) is 2.74. The molecule has 40 heavy (non-hydrogen) atoms. The Bertz CT molecular complexity index is 776. The molecule has 2 nitrogen and oxygen atoms in total. The monoisotopic (exact) mass is 566 g/mol. The Kier molecular flexibility index (Phi) is 16.9. The molecule has 0 heterocycles. The molecule has 0 saturated carbocycles. The van der Waals surface area contributed by atoms with Crippen LogP contribution in [0.3, 0.4) is 0 Å². The van der Waals surface area contributed by atoms with Crippen molar-refractivity contribution >= 4 is 178 Å². The fourth-order valence-corrected chi connectivity index (χ4v) is 26.3. The Hall–Kier alpha value is 2.09. The molecule has 0 aliphatic heterocycles. The van der Waals surface area contributed by atoms with Crippen LogP contribution in [0.2, 0.25) is 80.7 Å². The van der Waals surface area contributed by atoms with E-state index in [1.807, 2.05) is 21.3 Å². The van der Waals surface area contributed by atoms with Crippen molar-refractivity contribution < 1.29 is 8.23 Å². The summed E-state index contributed by atoms with van der Waals surface area (Å²) < 4.78 is 11.9. The summed E-state index contributed by atoms with van der Waals surface area (Å²) in [4.78, 5) is 0. The van der Waals surface area contributed by atoms with Gasteiger partial charge in [-0.2, -0.15) is 0 Å². The second-order valence-corrected chi connectivity index (χ2v) is 31.1. The molecule has 2 atom stereocenters. The van der Waals surface area contributed by atoms with Gasteiger partial charge in [0.2, 0.25) is 0 Å². The molecule has 0 aromatic carbocycles. The lowest BCUT2D eigenvalue weighted by Gasteiger charge is -2.59. The standard InChI is InChI=1S/C14H34B20O2Si4/c1-11-25-31(21)13(29(17)18,33(23)27-15)40(9,10)36-38(5,6)12-26-32(22)14(30(19)20,34(24)28-16)39(7,8)35-37(2,3)4/h11-12H2,1-10H3. The van der Waals surface area contributed by atoms with Crippen LogP contribution in [-0.2, 0) is 8.23 Å². The van der Waals surface area contributed by atoms with Gasteiger partial charge in [0.1, 0.15) is 0 Å². The van der Waals surface area contributed by atoms with Gasteiger partial charge in [-0.3, -0.25) is 0 Å². The molecule has 0 saturated heterocycles. The zero-order chi connectivity index (χ0) is 32.1. The summed E-state index contributed by atoms with van der Waals surface area (Å²) in [5, 5.41) is 0. The van der Waals surface area contributed by atoms with Crippen LogP contribution in [0.5, 0.6) is 0 Å². The predicted octanol–water partition coefficient (Wildman–Crippen LogP) is -2.16. The molecule has 0 aromatic rings. The van der Waals surface area contributed by atoms with Gasteiger partial charge in [-0.25, -0.2) is 0 Å². The van der Waals surface area contributed by atoms with Gasteiger partial charge in [0.15, 0.2) is 33.3 Å². The summed E-state index contributed by atoms with van der Waals surface area (Å²) >= 11 is 0. The molecule has 0 N–H and O–H groups in total. The summed E-state index contributed by atoms with van der Waals surface area (Å²) in [5.74, 6) is 0.567. The minimum absolute atomic E-state index is 0.517. The van der Waals surface area contributed by atoms with Crippen LogP contribution < -0.4 is 0 Å². The normalized spacial score (nSPS) is 15.6. The largest absolute Gasteiger partial charge is 0.457 e. The molecule has 24 radical (unpaired) electrons. The van der Waals surface area contributed by atoms with Crippen molar-refractivity contribution in [1.29, 1.82) is 0 Å². The zero-order valence-electron chi connectivity index (χ0n) is 26.8. The lowest BCUT2D eigenvalue weighted by atomic mass is 8.79. The highest BCUT2D eigenvalue weighted by molar-refractivity contribution is 7.66. The summed E-state index contributed by atoms with van der Waals surface area (Å²) in [6.07, 6.45) is 0.722. The van der Waals surface area contributed by atoms with Crippen molar-refractivity contribution in [3.05, 3.63) is 0 Å². The smallest absolute Gasteiger partial charge is 0.170 e. The van der Waals surface area contributed by atoms with Crippen LogP contribution in [0, 0.1) is 0 Å². The number of hydrogen-bond donors (Lipinski definition) is 0. The minimum Gasteiger partial charge on any atom is -0.457 e. The van der Waals surface area contributed by atoms with E-state index in [-0.39, 0.29) is 0 Å². The molecule has 26 heteroatoms. The Morgan fingerprint density at radius 3 is 1.23 bits per heavy atom. The van der Waals surface area contributed by atoms with Gasteiger partial charge >= 0.3 is 0 Å². The second kappa shape index (κ2) is 16.1. The van der Waals surface area contributed by atoms with Crippen LogP contribution in [0.15, 0.2) is 0 Å². The highest BCUT2D eigenvalue weighted by atomic mass is 28.4. The lowest BCUT2D eigenvalue weighted by molar-refractivity contribution is 0.544. The molecule has 0 aliphatic rings. The predicted molar refractivity (Wildman–Crippen MR) is 214 cm³/mol. The van der Waals surface area contributed by atoms with Gasteiger partial charge in [-0.15, -0.1) is 9.47 Å². The minimum atomic E-state index is -2.85. The Morgan fingerprint density at radius 2 is 0.925 bits per heavy atom. The molecule has 0 bridgehead atoms. The molecule has 178 valence electrons. The summed E-state index contributed by atoms with van der Waals surface area (Å²) in [5.41, 5.74) is 0. The third-order valence-electron chi connectivity index (χ3n) is 8.26. The van der Waals surface area contributed by atoms with Crippen molar-refractivity contribution in [1.82, 2.24) is 0 Å². The van der Waals surface area contributed by atoms with E-state index in [9.17, 15) is 0 Å². The molecular formula is C14H34B20O2Si4. The van der Waals surface area contributed by atoms with E-state index in [0.29, 0.717) is 5.94 Å². The molecule has 2 unspecified atom stereocenters. The van der Waals surface area contributed by atoms with Crippen LogP contribution in [0.25, 0.3) is 0 Å². The molecule has 0 spiro atoms. The van der Waals surface area contributed by atoms with Gasteiger partial charge in [0, 0.05) is 130 Å². The maximum Gasteiger partial charge on any atom is 0.170 e. The lowest BCUT2D eigenvalue weighted by Crippen LogP contribution is -2.74. The van der Waals surface area contributed by atoms with Crippen LogP contribution in [0.4, 0.5) is 0 Å². The van der Waals surface area contributed by atoms with Crippen molar-refractivity contribution in [2.75, 3.05) is 0 Å². The first-order chi connectivity index (χ1) is 17.9. The Labute approximate surface area is 272 Å². The third-order valence-corrected chi connectivity index (χ3v) is 24.4. The van der Waals surface area contributed by atoms with E-state index in [1.54, 1.807) is 0 Å². The first kappa shape index (κ1) is 42.1. The highest BCUT2D eigenvalue weighted by Gasteiger charge is 2.58.